The maximum Gasteiger partial charge on any atom is 0.292 e. The number of benzene rings is 1. The number of piperazine rings is 1. The van der Waals surface area contributed by atoms with Gasteiger partial charge in [-0.2, -0.15) is 9.78 Å². The summed E-state index contributed by atoms with van der Waals surface area (Å²) >= 11 is 6.41. The molecule has 2 aromatic heterocycles. The summed E-state index contributed by atoms with van der Waals surface area (Å²) in [7, 11) is 0. The predicted molar refractivity (Wildman–Crippen MR) is 108 cm³/mol. The number of halogens is 1. The molecule has 27 heavy (non-hydrogen) atoms. The maximum atomic E-state index is 12.7. The minimum atomic E-state index is -0.303. The second-order valence-corrected chi connectivity index (χ2v) is 6.89. The molecule has 6 nitrogen and oxygen atoms in total. The molecule has 138 valence electrons. The third-order valence-corrected chi connectivity index (χ3v) is 5.07. The van der Waals surface area contributed by atoms with Crippen LogP contribution in [0.5, 0.6) is 0 Å². The average Bonchev–Trinajstić information content (AvgIpc) is 2.71. The Bertz CT molecular complexity index is 997. The molecule has 1 aromatic carbocycles. The Kier molecular flexibility index (Phi) is 4.81. The van der Waals surface area contributed by atoms with E-state index in [2.05, 4.69) is 19.9 Å². The number of anilines is 2. The molecule has 3 heterocycles. The van der Waals surface area contributed by atoms with Crippen molar-refractivity contribution >= 4 is 23.1 Å². The molecule has 0 spiro atoms. The third kappa shape index (κ3) is 3.53. The highest BCUT2D eigenvalue weighted by molar-refractivity contribution is 6.33. The van der Waals surface area contributed by atoms with Crippen LogP contribution in [0.3, 0.4) is 0 Å². The van der Waals surface area contributed by atoms with Gasteiger partial charge in [-0.25, -0.2) is 4.98 Å². The standard InChI is InChI=1S/C20H20ClN5O/c1-15-6-5-9-18(23-15)25-12-10-24(11-13-25)17-14-22-26(20(27)19(17)21)16-7-3-2-4-8-16/h2-9,14H,10-13H2,1H3. The fraction of sp³-hybridized carbons (Fsp3) is 0.250. The molecule has 0 saturated carbocycles. The molecular weight excluding hydrogens is 362 g/mol. The molecule has 4 rings (SSSR count). The molecule has 0 atom stereocenters. The van der Waals surface area contributed by atoms with Crippen molar-refractivity contribution in [2.75, 3.05) is 36.0 Å². The van der Waals surface area contributed by atoms with E-state index in [1.165, 1.54) is 4.68 Å². The lowest BCUT2D eigenvalue weighted by Gasteiger charge is -2.36. The first kappa shape index (κ1) is 17.5. The van der Waals surface area contributed by atoms with Gasteiger partial charge in [0.05, 0.1) is 17.6 Å². The van der Waals surface area contributed by atoms with E-state index in [0.29, 0.717) is 11.4 Å². The van der Waals surface area contributed by atoms with E-state index in [1.54, 1.807) is 6.20 Å². The molecule has 0 unspecified atom stereocenters. The molecule has 0 aliphatic carbocycles. The van der Waals surface area contributed by atoms with Crippen LogP contribution in [0, 0.1) is 6.92 Å². The number of hydrogen-bond acceptors (Lipinski definition) is 5. The summed E-state index contributed by atoms with van der Waals surface area (Å²) in [5.41, 5.74) is 2.09. The number of aromatic nitrogens is 3. The van der Waals surface area contributed by atoms with Crippen LogP contribution in [0.25, 0.3) is 5.69 Å². The van der Waals surface area contributed by atoms with E-state index in [0.717, 1.165) is 37.7 Å². The van der Waals surface area contributed by atoms with Crippen molar-refractivity contribution in [2.24, 2.45) is 0 Å². The van der Waals surface area contributed by atoms with Gasteiger partial charge in [0.2, 0.25) is 0 Å². The number of rotatable bonds is 3. The Morgan fingerprint density at radius 1 is 0.926 bits per heavy atom. The van der Waals surface area contributed by atoms with Gasteiger partial charge in [-0.1, -0.05) is 35.9 Å². The van der Waals surface area contributed by atoms with Crippen LogP contribution in [-0.4, -0.2) is 40.9 Å². The van der Waals surface area contributed by atoms with Gasteiger partial charge in [-0.15, -0.1) is 0 Å². The van der Waals surface area contributed by atoms with Crippen LogP contribution in [0.1, 0.15) is 5.69 Å². The lowest BCUT2D eigenvalue weighted by Crippen LogP contribution is -2.47. The predicted octanol–water partition coefficient (Wildman–Crippen LogP) is 2.92. The minimum Gasteiger partial charge on any atom is -0.365 e. The first-order chi connectivity index (χ1) is 13.1. The molecule has 0 N–H and O–H groups in total. The normalized spacial score (nSPS) is 14.4. The van der Waals surface area contributed by atoms with E-state index >= 15 is 0 Å². The Labute approximate surface area is 162 Å². The molecule has 1 saturated heterocycles. The van der Waals surface area contributed by atoms with Gasteiger partial charge in [0, 0.05) is 31.9 Å². The molecule has 1 aliphatic rings. The molecule has 7 heteroatoms. The third-order valence-electron chi connectivity index (χ3n) is 4.72. The van der Waals surface area contributed by atoms with Crippen LogP contribution in [-0.2, 0) is 0 Å². The van der Waals surface area contributed by atoms with Gasteiger partial charge in [-0.05, 0) is 31.2 Å². The van der Waals surface area contributed by atoms with Crippen molar-refractivity contribution in [2.45, 2.75) is 6.92 Å². The van der Waals surface area contributed by atoms with Gasteiger partial charge in [0.1, 0.15) is 10.8 Å². The maximum absolute atomic E-state index is 12.7. The summed E-state index contributed by atoms with van der Waals surface area (Å²) in [6, 6.07) is 15.3. The molecule has 0 radical (unpaired) electrons. The molecule has 0 bridgehead atoms. The van der Waals surface area contributed by atoms with Crippen LogP contribution in [0.2, 0.25) is 5.02 Å². The van der Waals surface area contributed by atoms with Gasteiger partial charge >= 0.3 is 0 Å². The summed E-state index contributed by atoms with van der Waals surface area (Å²) in [4.78, 5) is 21.6. The summed E-state index contributed by atoms with van der Waals surface area (Å²) in [5.74, 6) is 0.985. The van der Waals surface area contributed by atoms with Crippen molar-refractivity contribution < 1.29 is 0 Å². The Morgan fingerprint density at radius 2 is 1.63 bits per heavy atom. The zero-order chi connectivity index (χ0) is 18.8. The van der Waals surface area contributed by atoms with Crippen molar-refractivity contribution in [3.8, 4) is 5.69 Å². The Morgan fingerprint density at radius 3 is 2.33 bits per heavy atom. The number of hydrogen-bond donors (Lipinski definition) is 0. The van der Waals surface area contributed by atoms with Crippen LogP contribution >= 0.6 is 11.6 Å². The largest absolute Gasteiger partial charge is 0.365 e. The van der Waals surface area contributed by atoms with E-state index in [9.17, 15) is 4.79 Å². The molecule has 0 amide bonds. The molecular formula is C20H20ClN5O. The highest BCUT2D eigenvalue weighted by Gasteiger charge is 2.22. The lowest BCUT2D eigenvalue weighted by molar-refractivity contribution is 0.643. The number of aryl methyl sites for hydroxylation is 1. The zero-order valence-electron chi connectivity index (χ0n) is 15.0. The van der Waals surface area contributed by atoms with Crippen molar-refractivity contribution in [1.82, 2.24) is 14.8 Å². The van der Waals surface area contributed by atoms with E-state index in [4.69, 9.17) is 11.6 Å². The zero-order valence-corrected chi connectivity index (χ0v) is 15.8. The lowest BCUT2D eigenvalue weighted by atomic mass is 10.2. The van der Waals surface area contributed by atoms with E-state index in [-0.39, 0.29) is 10.6 Å². The number of nitrogens with zero attached hydrogens (tertiary/aromatic N) is 5. The van der Waals surface area contributed by atoms with Crippen LogP contribution < -0.4 is 15.4 Å². The van der Waals surface area contributed by atoms with Crippen molar-refractivity contribution in [3.63, 3.8) is 0 Å². The van der Waals surface area contributed by atoms with Gasteiger partial charge in [-0.3, -0.25) is 4.79 Å². The SMILES string of the molecule is Cc1cccc(N2CCN(c3cnn(-c4ccccc4)c(=O)c3Cl)CC2)n1. The van der Waals surface area contributed by atoms with E-state index in [1.807, 2.05) is 55.5 Å². The minimum absolute atomic E-state index is 0.205. The number of pyridine rings is 1. The Balaban J connectivity index is 1.53. The first-order valence-corrected chi connectivity index (χ1v) is 9.28. The Hall–Kier alpha value is -2.86. The summed E-state index contributed by atoms with van der Waals surface area (Å²) in [5, 5.41) is 4.53. The topological polar surface area (TPSA) is 54.3 Å². The highest BCUT2D eigenvalue weighted by Crippen LogP contribution is 2.24. The van der Waals surface area contributed by atoms with Crippen molar-refractivity contribution in [1.29, 1.82) is 0 Å². The fourth-order valence-corrected chi connectivity index (χ4v) is 3.53. The van der Waals surface area contributed by atoms with Crippen LogP contribution in [0.4, 0.5) is 11.5 Å². The summed E-state index contributed by atoms with van der Waals surface area (Å²) in [6.07, 6.45) is 1.68. The van der Waals surface area contributed by atoms with Crippen LogP contribution in [0.15, 0.2) is 59.5 Å². The quantitative estimate of drug-likeness (QED) is 0.698. The highest BCUT2D eigenvalue weighted by atomic mass is 35.5. The number of para-hydroxylation sites is 1. The fourth-order valence-electron chi connectivity index (χ4n) is 3.28. The van der Waals surface area contributed by atoms with Gasteiger partial charge < -0.3 is 9.80 Å². The van der Waals surface area contributed by atoms with Gasteiger partial charge in [0.25, 0.3) is 5.56 Å². The first-order valence-electron chi connectivity index (χ1n) is 8.90. The second kappa shape index (κ2) is 7.40. The van der Waals surface area contributed by atoms with Crippen molar-refractivity contribution in [3.05, 3.63) is 75.8 Å². The molecule has 1 fully saturated rings. The summed E-state index contributed by atoms with van der Waals surface area (Å²) in [6.45, 7) is 5.13. The monoisotopic (exact) mass is 381 g/mol. The average molecular weight is 382 g/mol. The van der Waals surface area contributed by atoms with E-state index < -0.39 is 0 Å². The molecule has 1 aliphatic heterocycles. The van der Waals surface area contributed by atoms with Gasteiger partial charge in [0.15, 0.2) is 0 Å². The summed E-state index contributed by atoms with van der Waals surface area (Å²) < 4.78 is 1.33. The molecule has 3 aromatic rings. The second-order valence-electron chi connectivity index (χ2n) is 6.51. The smallest absolute Gasteiger partial charge is 0.292 e.